The van der Waals surface area contributed by atoms with E-state index in [1.54, 1.807) is 0 Å². The van der Waals surface area contributed by atoms with Crippen LogP contribution in [0.3, 0.4) is 0 Å². The molecule has 0 aliphatic carbocycles. The van der Waals surface area contributed by atoms with E-state index in [2.05, 4.69) is 20.9 Å². The maximum atomic E-state index is 11.4. The monoisotopic (exact) mass is 273 g/mol. The van der Waals surface area contributed by atoms with Gasteiger partial charge in [0.15, 0.2) is 9.84 Å². The average Bonchev–Trinajstić information content (AvgIpc) is 2.47. The second-order valence-electron chi connectivity index (χ2n) is 3.09. The van der Waals surface area contributed by atoms with Crippen molar-refractivity contribution in [2.75, 3.05) is 6.26 Å². The second-order valence-corrected chi connectivity index (χ2v) is 5.93. The lowest BCUT2D eigenvalue weighted by Gasteiger charge is -1.97. The average molecular weight is 274 g/mol. The minimum absolute atomic E-state index is 0.333. The fourth-order valence-corrected chi connectivity index (χ4v) is 2.98. The summed E-state index contributed by atoms with van der Waals surface area (Å²) in [6.45, 7) is 0. The van der Waals surface area contributed by atoms with Crippen molar-refractivity contribution in [3.8, 4) is 0 Å². The van der Waals surface area contributed by atoms with Gasteiger partial charge < -0.3 is 4.98 Å². The van der Waals surface area contributed by atoms with Crippen LogP contribution >= 0.6 is 15.9 Å². The molecule has 0 fully saturated rings. The zero-order valence-corrected chi connectivity index (χ0v) is 9.81. The molecule has 0 saturated carbocycles. The highest BCUT2D eigenvalue weighted by Gasteiger charge is 2.15. The van der Waals surface area contributed by atoms with Gasteiger partial charge >= 0.3 is 0 Å². The van der Waals surface area contributed by atoms with Gasteiger partial charge in [0.25, 0.3) is 0 Å². The number of halogens is 1. The molecule has 0 amide bonds. The number of aromatic amines is 1. The molecule has 2 aromatic rings. The van der Waals surface area contributed by atoms with Crippen molar-refractivity contribution < 1.29 is 8.42 Å². The van der Waals surface area contributed by atoms with Gasteiger partial charge in [-0.05, 0) is 12.1 Å². The molecule has 0 bridgehead atoms. The topological polar surface area (TPSA) is 49.9 Å². The molecule has 0 unspecified atom stereocenters. The van der Waals surface area contributed by atoms with Gasteiger partial charge in [-0.15, -0.1) is 0 Å². The van der Waals surface area contributed by atoms with Gasteiger partial charge in [0.1, 0.15) is 0 Å². The van der Waals surface area contributed by atoms with E-state index in [1.165, 1.54) is 12.5 Å². The molecule has 14 heavy (non-hydrogen) atoms. The zero-order chi connectivity index (χ0) is 10.3. The van der Waals surface area contributed by atoms with Crippen molar-refractivity contribution in [2.45, 2.75) is 4.90 Å². The standard InChI is InChI=1S/C9H8BrNO2S/c1-14(12,13)8-5-11-7-4-2-3-6(10)9(7)8/h2-5,11H,1H3. The third kappa shape index (κ3) is 1.46. The minimum Gasteiger partial charge on any atom is -0.360 e. The molecular weight excluding hydrogens is 266 g/mol. The van der Waals surface area contributed by atoms with Gasteiger partial charge in [0, 0.05) is 27.8 Å². The van der Waals surface area contributed by atoms with Crippen LogP contribution in [0, 0.1) is 0 Å². The third-order valence-electron chi connectivity index (χ3n) is 2.02. The number of benzene rings is 1. The van der Waals surface area contributed by atoms with Crippen LogP contribution in [0.1, 0.15) is 0 Å². The second kappa shape index (κ2) is 3.10. The van der Waals surface area contributed by atoms with Gasteiger partial charge in [-0.1, -0.05) is 22.0 Å². The van der Waals surface area contributed by atoms with E-state index in [9.17, 15) is 8.42 Å². The first-order valence-electron chi connectivity index (χ1n) is 3.96. The van der Waals surface area contributed by atoms with Crippen LogP contribution in [0.15, 0.2) is 33.8 Å². The SMILES string of the molecule is CS(=O)(=O)c1c[nH]c2cccc(Br)c12. The van der Waals surface area contributed by atoms with E-state index in [4.69, 9.17) is 0 Å². The molecular formula is C9H8BrNO2S. The Morgan fingerprint density at radius 3 is 2.71 bits per heavy atom. The largest absolute Gasteiger partial charge is 0.360 e. The Kier molecular flexibility index (Phi) is 2.16. The molecule has 0 radical (unpaired) electrons. The lowest BCUT2D eigenvalue weighted by molar-refractivity contribution is 0.602. The number of aromatic nitrogens is 1. The number of rotatable bonds is 1. The number of hydrogen-bond acceptors (Lipinski definition) is 2. The Bertz CT molecular complexity index is 586. The number of fused-ring (bicyclic) bond motifs is 1. The molecule has 1 aromatic heterocycles. The maximum absolute atomic E-state index is 11.4. The molecule has 0 aliphatic heterocycles. The molecule has 2 rings (SSSR count). The highest BCUT2D eigenvalue weighted by atomic mass is 79.9. The van der Waals surface area contributed by atoms with Crippen molar-refractivity contribution in [1.29, 1.82) is 0 Å². The Balaban J connectivity index is 2.94. The highest BCUT2D eigenvalue weighted by molar-refractivity contribution is 9.10. The molecule has 74 valence electrons. The van der Waals surface area contributed by atoms with Crippen molar-refractivity contribution in [3.05, 3.63) is 28.9 Å². The normalized spacial score (nSPS) is 12.1. The van der Waals surface area contributed by atoms with Crippen LogP contribution < -0.4 is 0 Å². The van der Waals surface area contributed by atoms with E-state index >= 15 is 0 Å². The fourth-order valence-electron chi connectivity index (χ4n) is 1.40. The first-order valence-corrected chi connectivity index (χ1v) is 6.64. The quantitative estimate of drug-likeness (QED) is 0.867. The van der Waals surface area contributed by atoms with E-state index in [0.717, 1.165) is 15.4 Å². The Hall–Kier alpha value is -0.810. The first kappa shape index (κ1) is 9.73. The number of sulfone groups is 1. The summed E-state index contributed by atoms with van der Waals surface area (Å²) in [7, 11) is -3.17. The van der Waals surface area contributed by atoms with Crippen LogP contribution in [-0.2, 0) is 9.84 Å². The lowest BCUT2D eigenvalue weighted by atomic mass is 10.2. The summed E-state index contributed by atoms with van der Waals surface area (Å²) in [5.74, 6) is 0. The predicted molar refractivity (Wildman–Crippen MR) is 59.1 cm³/mol. The van der Waals surface area contributed by atoms with Gasteiger partial charge in [0.05, 0.1) is 4.90 Å². The van der Waals surface area contributed by atoms with Crippen LogP contribution in [0.2, 0.25) is 0 Å². The van der Waals surface area contributed by atoms with E-state index in [1.807, 2.05) is 18.2 Å². The van der Waals surface area contributed by atoms with Gasteiger partial charge in [-0.25, -0.2) is 8.42 Å². The van der Waals surface area contributed by atoms with Crippen LogP contribution in [0.25, 0.3) is 10.9 Å². The molecule has 5 heteroatoms. The summed E-state index contributed by atoms with van der Waals surface area (Å²) < 4.78 is 23.6. The predicted octanol–water partition coefficient (Wildman–Crippen LogP) is 2.33. The lowest BCUT2D eigenvalue weighted by Crippen LogP contribution is -1.95. The van der Waals surface area contributed by atoms with Crippen molar-refractivity contribution in [2.24, 2.45) is 0 Å². The highest BCUT2D eigenvalue weighted by Crippen LogP contribution is 2.29. The fraction of sp³-hybridized carbons (Fsp3) is 0.111. The molecule has 1 heterocycles. The smallest absolute Gasteiger partial charge is 0.177 e. The number of hydrogen-bond donors (Lipinski definition) is 1. The molecule has 0 saturated heterocycles. The summed E-state index contributed by atoms with van der Waals surface area (Å²) in [5, 5.41) is 0.718. The van der Waals surface area contributed by atoms with E-state index < -0.39 is 9.84 Å². The maximum Gasteiger partial charge on any atom is 0.177 e. The van der Waals surface area contributed by atoms with Crippen molar-refractivity contribution in [3.63, 3.8) is 0 Å². The molecule has 1 N–H and O–H groups in total. The van der Waals surface area contributed by atoms with Gasteiger partial charge in [0.2, 0.25) is 0 Å². The molecule has 3 nitrogen and oxygen atoms in total. The Morgan fingerprint density at radius 1 is 1.36 bits per heavy atom. The Labute approximate surface area is 90.2 Å². The van der Waals surface area contributed by atoms with Gasteiger partial charge in [-0.3, -0.25) is 0 Å². The Morgan fingerprint density at radius 2 is 2.07 bits per heavy atom. The van der Waals surface area contributed by atoms with Crippen LogP contribution in [0.5, 0.6) is 0 Å². The molecule has 1 aromatic carbocycles. The summed E-state index contributed by atoms with van der Waals surface area (Å²) in [4.78, 5) is 3.26. The summed E-state index contributed by atoms with van der Waals surface area (Å²) in [6.07, 6.45) is 2.72. The zero-order valence-electron chi connectivity index (χ0n) is 7.41. The first-order chi connectivity index (χ1) is 6.50. The number of nitrogens with one attached hydrogen (secondary N) is 1. The van der Waals surface area contributed by atoms with Crippen molar-refractivity contribution >= 4 is 36.7 Å². The summed E-state index contributed by atoms with van der Waals surface area (Å²) in [5.41, 5.74) is 0.819. The summed E-state index contributed by atoms with van der Waals surface area (Å²) >= 11 is 3.33. The number of H-pyrrole nitrogens is 1. The van der Waals surface area contributed by atoms with Crippen molar-refractivity contribution in [1.82, 2.24) is 4.98 Å². The van der Waals surface area contributed by atoms with Gasteiger partial charge in [-0.2, -0.15) is 0 Å². The molecule has 0 aliphatic rings. The third-order valence-corrected chi connectivity index (χ3v) is 3.80. The molecule has 0 atom stereocenters. The van der Waals surface area contributed by atoms with Crippen LogP contribution in [-0.4, -0.2) is 19.7 Å². The summed E-state index contributed by atoms with van der Waals surface area (Å²) in [6, 6.07) is 5.52. The van der Waals surface area contributed by atoms with Crippen LogP contribution in [0.4, 0.5) is 0 Å². The van der Waals surface area contributed by atoms with E-state index in [-0.39, 0.29) is 0 Å². The molecule has 0 spiro atoms. The minimum atomic E-state index is -3.17. The van der Waals surface area contributed by atoms with E-state index in [0.29, 0.717) is 4.90 Å².